The first-order valence-electron chi connectivity index (χ1n) is 8.58. The first-order chi connectivity index (χ1) is 11.2. The minimum Gasteiger partial charge on any atom is -0.384 e. The highest BCUT2D eigenvalue weighted by Crippen LogP contribution is 2.24. The average Bonchev–Trinajstić information content (AvgIpc) is 2.97. The maximum Gasteiger partial charge on any atom is 0.159 e. The predicted molar refractivity (Wildman–Crippen MR) is 91.2 cm³/mol. The van der Waals surface area contributed by atoms with Crippen molar-refractivity contribution in [2.24, 2.45) is 0 Å². The van der Waals surface area contributed by atoms with Crippen molar-refractivity contribution in [2.45, 2.75) is 64.0 Å². The summed E-state index contributed by atoms with van der Waals surface area (Å²) in [4.78, 5) is 12.7. The lowest BCUT2D eigenvalue weighted by Crippen LogP contribution is -2.53. The summed E-state index contributed by atoms with van der Waals surface area (Å²) in [6, 6.07) is 2.19. The number of nitrogens with zero attached hydrogens (tertiary/aromatic N) is 1. The molecule has 1 N–H and O–H groups in total. The summed E-state index contributed by atoms with van der Waals surface area (Å²) in [6.07, 6.45) is 2.11. The molecule has 0 aliphatic carbocycles. The van der Waals surface area contributed by atoms with Crippen LogP contribution in [0, 0.1) is 0 Å². The van der Waals surface area contributed by atoms with Crippen molar-refractivity contribution in [2.75, 3.05) is 26.9 Å². The molecular formula is C18H30N2O4. The molecule has 0 radical (unpaired) electrons. The van der Waals surface area contributed by atoms with E-state index in [0.29, 0.717) is 18.4 Å². The summed E-state index contributed by atoms with van der Waals surface area (Å²) >= 11 is 0. The van der Waals surface area contributed by atoms with E-state index in [4.69, 9.17) is 14.0 Å². The zero-order valence-corrected chi connectivity index (χ0v) is 15.5. The molecule has 0 unspecified atom stereocenters. The highest BCUT2D eigenvalue weighted by molar-refractivity contribution is 5.89. The molecule has 6 heteroatoms. The van der Waals surface area contributed by atoms with Crippen LogP contribution in [0.3, 0.4) is 0 Å². The molecule has 0 atom stereocenters. The number of nitrogens with one attached hydrogen (secondary N) is 1. The third-order valence-corrected chi connectivity index (χ3v) is 4.58. The largest absolute Gasteiger partial charge is 0.384 e. The van der Waals surface area contributed by atoms with Gasteiger partial charge in [-0.2, -0.15) is 0 Å². The van der Waals surface area contributed by atoms with E-state index in [0.717, 1.165) is 31.7 Å². The second kappa shape index (κ2) is 7.76. The number of carbonyl (C=O) groups is 1. The molecule has 0 amide bonds. The number of methoxy groups -OCH3 is 1. The molecular weight excluding hydrogens is 308 g/mol. The molecule has 1 aliphatic heterocycles. The summed E-state index contributed by atoms with van der Waals surface area (Å²) in [7, 11) is 1.66. The van der Waals surface area contributed by atoms with Crippen molar-refractivity contribution >= 4 is 5.78 Å². The lowest BCUT2D eigenvalue weighted by atomic mass is 9.89. The molecule has 1 aromatic rings. The molecule has 0 saturated carbocycles. The van der Waals surface area contributed by atoms with Gasteiger partial charge in [0.2, 0.25) is 0 Å². The summed E-state index contributed by atoms with van der Waals surface area (Å²) in [5.74, 6) is 0.697. The van der Waals surface area contributed by atoms with Gasteiger partial charge in [0, 0.05) is 37.8 Å². The summed E-state index contributed by atoms with van der Waals surface area (Å²) in [6.45, 7) is 9.98. The Bertz CT molecular complexity index is 545. The molecule has 1 aliphatic rings. The van der Waals surface area contributed by atoms with E-state index in [9.17, 15) is 4.79 Å². The third-order valence-electron chi connectivity index (χ3n) is 4.58. The molecule has 2 rings (SSSR count). The number of hydrogen-bond acceptors (Lipinski definition) is 6. The molecule has 136 valence electrons. The van der Waals surface area contributed by atoms with Gasteiger partial charge in [-0.05, 0) is 26.7 Å². The van der Waals surface area contributed by atoms with Crippen molar-refractivity contribution in [3.05, 3.63) is 17.5 Å². The summed E-state index contributed by atoms with van der Waals surface area (Å²) in [5, 5.41) is 7.57. The lowest BCUT2D eigenvalue weighted by Gasteiger charge is -2.32. The van der Waals surface area contributed by atoms with E-state index < -0.39 is 5.54 Å². The monoisotopic (exact) mass is 338 g/mol. The molecule has 1 aromatic heterocycles. The molecule has 1 fully saturated rings. The molecule has 0 aromatic carbocycles. The summed E-state index contributed by atoms with van der Waals surface area (Å²) < 4.78 is 16.0. The van der Waals surface area contributed by atoms with E-state index in [1.54, 1.807) is 7.11 Å². The second-order valence-corrected chi connectivity index (χ2v) is 7.75. The van der Waals surface area contributed by atoms with Gasteiger partial charge in [-0.1, -0.05) is 19.0 Å². The van der Waals surface area contributed by atoms with Crippen molar-refractivity contribution in [3.8, 4) is 0 Å². The molecule has 24 heavy (non-hydrogen) atoms. The van der Waals surface area contributed by atoms with Crippen molar-refractivity contribution in [3.63, 3.8) is 0 Å². The van der Waals surface area contributed by atoms with Gasteiger partial charge in [-0.25, -0.2) is 0 Å². The van der Waals surface area contributed by atoms with Gasteiger partial charge in [0.05, 0.1) is 24.3 Å². The Morgan fingerprint density at radius 2 is 2.00 bits per heavy atom. The number of hydrogen-bond donors (Lipinski definition) is 1. The van der Waals surface area contributed by atoms with Gasteiger partial charge >= 0.3 is 0 Å². The van der Waals surface area contributed by atoms with E-state index >= 15 is 0 Å². The topological polar surface area (TPSA) is 73.6 Å². The fourth-order valence-corrected chi connectivity index (χ4v) is 2.96. The Morgan fingerprint density at radius 3 is 2.62 bits per heavy atom. The van der Waals surface area contributed by atoms with Crippen LogP contribution >= 0.6 is 0 Å². The Morgan fingerprint density at radius 1 is 1.33 bits per heavy atom. The van der Waals surface area contributed by atoms with Gasteiger partial charge < -0.3 is 19.3 Å². The number of ketones is 1. The van der Waals surface area contributed by atoms with Crippen molar-refractivity contribution in [1.82, 2.24) is 10.5 Å². The number of ether oxygens (including phenoxy) is 2. The Labute approximate surface area is 144 Å². The van der Waals surface area contributed by atoms with Crippen molar-refractivity contribution < 1.29 is 18.8 Å². The second-order valence-electron chi connectivity index (χ2n) is 7.75. The standard InChI is InChI=1S/C18H30N2O4/c1-17(2,12-22-5)15-10-14(24-20-15)11-16(21)18(3,4)19-13-6-8-23-9-7-13/h10,13,19H,6-9,11-12H2,1-5H3. The maximum atomic E-state index is 12.7. The first kappa shape index (κ1) is 19.1. The quantitative estimate of drug-likeness (QED) is 0.784. The molecule has 0 spiro atoms. The van der Waals surface area contributed by atoms with Crippen molar-refractivity contribution in [1.29, 1.82) is 0 Å². The SMILES string of the molecule is COCC(C)(C)c1cc(CC(=O)C(C)(C)NC2CCOCC2)on1. The normalized spacial score (nSPS) is 17.2. The first-order valence-corrected chi connectivity index (χ1v) is 8.58. The highest BCUT2D eigenvalue weighted by atomic mass is 16.5. The maximum absolute atomic E-state index is 12.7. The van der Waals surface area contributed by atoms with Crippen LogP contribution in [-0.4, -0.2) is 49.5 Å². The minimum absolute atomic E-state index is 0.0984. The molecule has 2 heterocycles. The lowest BCUT2D eigenvalue weighted by molar-refractivity contribution is -0.124. The van der Waals surface area contributed by atoms with Crippen LogP contribution in [0.5, 0.6) is 0 Å². The van der Waals surface area contributed by atoms with E-state index in [1.165, 1.54) is 0 Å². The smallest absolute Gasteiger partial charge is 0.159 e. The van der Waals surface area contributed by atoms with Crippen LogP contribution in [0.4, 0.5) is 0 Å². The Hall–Kier alpha value is -1.24. The minimum atomic E-state index is -0.600. The van der Waals surface area contributed by atoms with Gasteiger partial charge in [-0.15, -0.1) is 0 Å². The number of rotatable bonds is 8. The van der Waals surface area contributed by atoms with Gasteiger partial charge in [0.25, 0.3) is 0 Å². The Balaban J connectivity index is 1.97. The van der Waals surface area contributed by atoms with E-state index in [2.05, 4.69) is 10.5 Å². The van der Waals surface area contributed by atoms with Gasteiger partial charge in [-0.3, -0.25) is 4.79 Å². The number of aromatic nitrogens is 1. The Kier molecular flexibility index (Phi) is 6.17. The third kappa shape index (κ3) is 4.88. The fraction of sp³-hybridized carbons (Fsp3) is 0.778. The highest BCUT2D eigenvalue weighted by Gasteiger charge is 2.32. The number of carbonyl (C=O) groups excluding carboxylic acids is 1. The van der Waals surface area contributed by atoms with Crippen LogP contribution in [0.25, 0.3) is 0 Å². The molecule has 0 bridgehead atoms. The summed E-state index contributed by atoms with van der Waals surface area (Å²) in [5.41, 5.74) is -0.0331. The van der Waals surface area contributed by atoms with Crippen LogP contribution in [0.2, 0.25) is 0 Å². The van der Waals surface area contributed by atoms with Crippen LogP contribution in [0.1, 0.15) is 52.0 Å². The van der Waals surface area contributed by atoms with Gasteiger partial charge in [0.1, 0.15) is 5.76 Å². The van der Waals surface area contributed by atoms with Crippen LogP contribution in [0.15, 0.2) is 10.6 Å². The van der Waals surface area contributed by atoms with E-state index in [1.807, 2.05) is 33.8 Å². The van der Waals surface area contributed by atoms with E-state index in [-0.39, 0.29) is 17.6 Å². The van der Waals surface area contributed by atoms with Gasteiger partial charge in [0.15, 0.2) is 5.78 Å². The average molecular weight is 338 g/mol. The zero-order valence-electron chi connectivity index (χ0n) is 15.5. The molecule has 6 nitrogen and oxygen atoms in total. The fourth-order valence-electron chi connectivity index (χ4n) is 2.96. The van der Waals surface area contributed by atoms with Crippen LogP contribution < -0.4 is 5.32 Å². The number of Topliss-reactive ketones (excluding diaryl/α,β-unsaturated/α-hetero) is 1. The predicted octanol–water partition coefficient (Wildman–Crippen LogP) is 2.26. The zero-order chi connectivity index (χ0) is 17.8. The van der Waals surface area contributed by atoms with Crippen LogP contribution in [-0.2, 0) is 26.1 Å². The molecule has 1 saturated heterocycles.